The molecule has 0 radical (unpaired) electrons. The Kier molecular flexibility index (Phi) is 6.68. The van der Waals surface area contributed by atoms with Crippen molar-refractivity contribution in [1.29, 1.82) is 0 Å². The van der Waals surface area contributed by atoms with Crippen molar-refractivity contribution in [3.8, 4) is 0 Å². The van der Waals surface area contributed by atoms with E-state index in [1.54, 1.807) is 24.3 Å². The van der Waals surface area contributed by atoms with Crippen LogP contribution in [0.5, 0.6) is 0 Å². The lowest BCUT2D eigenvalue weighted by molar-refractivity contribution is 0.0937. The smallest absolute Gasteiger partial charge is 0.350 e. The van der Waals surface area contributed by atoms with E-state index in [9.17, 15) is 19.2 Å². The summed E-state index contributed by atoms with van der Waals surface area (Å²) in [6.45, 7) is 7.81. The van der Waals surface area contributed by atoms with E-state index in [0.29, 0.717) is 29.5 Å². The van der Waals surface area contributed by atoms with Crippen LogP contribution in [0, 0.1) is 6.92 Å². The second-order valence-electron chi connectivity index (χ2n) is 8.84. The number of ketones is 1. The van der Waals surface area contributed by atoms with Crippen molar-refractivity contribution >= 4 is 28.4 Å². The summed E-state index contributed by atoms with van der Waals surface area (Å²) in [5.74, 6) is -0.412. The highest BCUT2D eigenvalue weighted by atomic mass is 16.2. The molecule has 35 heavy (non-hydrogen) atoms. The Morgan fingerprint density at radius 2 is 1.71 bits per heavy atom. The minimum atomic E-state index is -0.546. The normalized spacial score (nSPS) is 12.2. The first kappa shape index (κ1) is 24.1. The topological polar surface area (TPSA) is 107 Å². The number of fused-ring (bicyclic) bond motifs is 3. The van der Waals surface area contributed by atoms with Crippen molar-refractivity contribution in [2.45, 2.75) is 59.7 Å². The first-order chi connectivity index (χ1) is 16.7. The van der Waals surface area contributed by atoms with E-state index in [-0.39, 0.29) is 41.1 Å². The van der Waals surface area contributed by atoms with Crippen LogP contribution in [0.2, 0.25) is 0 Å². The third kappa shape index (κ3) is 4.53. The van der Waals surface area contributed by atoms with Gasteiger partial charge < -0.3 is 5.32 Å². The maximum atomic E-state index is 13.4. The second-order valence-corrected chi connectivity index (χ2v) is 8.84. The van der Waals surface area contributed by atoms with Crippen molar-refractivity contribution in [3.05, 3.63) is 80.0 Å². The molecule has 2 aromatic carbocycles. The average Bonchev–Trinajstić information content (AvgIpc) is 3.17. The lowest BCUT2D eigenvalue weighted by atomic mass is 10.1. The molecule has 4 rings (SSSR count). The number of benzene rings is 2. The Bertz CT molecular complexity index is 1540. The van der Waals surface area contributed by atoms with E-state index in [2.05, 4.69) is 10.4 Å². The molecule has 0 saturated carbocycles. The Labute approximate surface area is 202 Å². The van der Waals surface area contributed by atoms with Gasteiger partial charge in [0.25, 0.3) is 11.5 Å². The minimum Gasteiger partial charge on any atom is -0.350 e. The zero-order chi connectivity index (χ0) is 25.3. The molecule has 0 fully saturated rings. The lowest BCUT2D eigenvalue weighted by Gasteiger charge is -2.13. The van der Waals surface area contributed by atoms with Crippen molar-refractivity contribution in [3.63, 3.8) is 0 Å². The molecule has 1 unspecified atom stereocenters. The predicted molar refractivity (Wildman–Crippen MR) is 134 cm³/mol. The third-order valence-corrected chi connectivity index (χ3v) is 6.14. The molecule has 0 aliphatic heterocycles. The highest BCUT2D eigenvalue weighted by Crippen LogP contribution is 2.15. The summed E-state index contributed by atoms with van der Waals surface area (Å²) < 4.78 is 3.83. The number of nitrogens with one attached hydrogen (secondary N) is 1. The SMILES string of the molecule is CCCn1c(=O)c2ccc(C(=O)NC(C)CC)cc2n2c(=O)n(CC(=O)c3ccc(C)cc3)nc12. The fourth-order valence-electron chi connectivity index (χ4n) is 3.96. The number of hydrogen-bond acceptors (Lipinski definition) is 5. The van der Waals surface area contributed by atoms with Gasteiger partial charge in [-0.25, -0.2) is 13.9 Å². The molecular weight excluding hydrogens is 446 g/mol. The number of nitrogens with zero attached hydrogens (tertiary/aromatic N) is 4. The molecule has 0 aliphatic rings. The van der Waals surface area contributed by atoms with E-state index in [1.165, 1.54) is 15.0 Å². The molecule has 4 aromatic rings. The predicted octanol–water partition coefficient (Wildman–Crippen LogP) is 2.94. The molecule has 0 spiro atoms. The van der Waals surface area contributed by atoms with Gasteiger partial charge in [0.1, 0.15) is 6.54 Å². The average molecular weight is 476 g/mol. The fourth-order valence-corrected chi connectivity index (χ4v) is 3.96. The molecule has 9 nitrogen and oxygen atoms in total. The summed E-state index contributed by atoms with van der Waals surface area (Å²) >= 11 is 0. The van der Waals surface area contributed by atoms with Crippen molar-refractivity contribution in [2.75, 3.05) is 0 Å². The maximum Gasteiger partial charge on any atom is 0.352 e. The van der Waals surface area contributed by atoms with Crippen LogP contribution in [0.3, 0.4) is 0 Å². The summed E-state index contributed by atoms with van der Waals surface area (Å²) in [5, 5.41) is 7.57. The molecule has 2 heterocycles. The number of hydrogen-bond donors (Lipinski definition) is 1. The Morgan fingerprint density at radius 3 is 2.37 bits per heavy atom. The molecule has 1 amide bonds. The molecular formula is C26H29N5O4. The van der Waals surface area contributed by atoms with Gasteiger partial charge in [0.15, 0.2) is 5.78 Å². The molecule has 0 aliphatic carbocycles. The van der Waals surface area contributed by atoms with Gasteiger partial charge in [0.05, 0.1) is 10.9 Å². The highest BCUT2D eigenvalue weighted by Gasteiger charge is 2.20. The largest absolute Gasteiger partial charge is 0.352 e. The number of carbonyl (C=O) groups is 2. The number of carbonyl (C=O) groups excluding carboxylic acids is 2. The van der Waals surface area contributed by atoms with E-state index < -0.39 is 5.69 Å². The first-order valence-electron chi connectivity index (χ1n) is 11.8. The van der Waals surface area contributed by atoms with Crippen molar-refractivity contribution < 1.29 is 9.59 Å². The number of aryl methyl sites for hydroxylation is 2. The molecule has 9 heteroatoms. The fraction of sp³-hybridized carbons (Fsp3) is 0.346. The van der Waals surface area contributed by atoms with Crippen LogP contribution in [-0.2, 0) is 13.1 Å². The van der Waals surface area contributed by atoms with E-state index >= 15 is 0 Å². The molecule has 182 valence electrons. The monoisotopic (exact) mass is 475 g/mol. The van der Waals surface area contributed by atoms with Crippen LogP contribution in [0.4, 0.5) is 0 Å². The Morgan fingerprint density at radius 1 is 1.03 bits per heavy atom. The van der Waals surface area contributed by atoms with Gasteiger partial charge in [0, 0.05) is 23.7 Å². The van der Waals surface area contributed by atoms with Crippen LogP contribution in [0.1, 0.15) is 59.9 Å². The first-order valence-corrected chi connectivity index (χ1v) is 11.8. The molecule has 1 atom stereocenters. The van der Waals surface area contributed by atoms with E-state index in [1.807, 2.05) is 39.8 Å². The summed E-state index contributed by atoms with van der Waals surface area (Å²) in [6.07, 6.45) is 1.42. The number of aromatic nitrogens is 4. The van der Waals surface area contributed by atoms with Gasteiger partial charge >= 0.3 is 5.69 Å². The number of rotatable bonds is 8. The number of Topliss-reactive ketones (excluding diaryl/α,β-unsaturated/α-hetero) is 1. The van der Waals surface area contributed by atoms with Gasteiger partial charge in [0.2, 0.25) is 5.78 Å². The maximum absolute atomic E-state index is 13.4. The lowest BCUT2D eigenvalue weighted by Crippen LogP contribution is -2.32. The number of amides is 1. The van der Waals surface area contributed by atoms with Gasteiger partial charge in [-0.1, -0.05) is 43.7 Å². The van der Waals surface area contributed by atoms with E-state index in [0.717, 1.165) is 16.7 Å². The second kappa shape index (κ2) is 9.69. The van der Waals surface area contributed by atoms with Gasteiger partial charge in [-0.15, -0.1) is 5.10 Å². The quantitative estimate of drug-likeness (QED) is 0.394. The van der Waals surface area contributed by atoms with Crippen LogP contribution in [-0.4, -0.2) is 36.5 Å². The van der Waals surface area contributed by atoms with Crippen LogP contribution in [0.25, 0.3) is 16.7 Å². The Hall–Kier alpha value is -4.01. The van der Waals surface area contributed by atoms with Crippen molar-refractivity contribution in [2.24, 2.45) is 0 Å². The van der Waals surface area contributed by atoms with Gasteiger partial charge in [-0.3, -0.25) is 19.0 Å². The third-order valence-electron chi connectivity index (χ3n) is 6.14. The minimum absolute atomic E-state index is 0.0194. The summed E-state index contributed by atoms with van der Waals surface area (Å²) in [5.41, 5.74) is 1.27. The molecule has 0 bridgehead atoms. The summed E-state index contributed by atoms with van der Waals surface area (Å²) in [7, 11) is 0. The summed E-state index contributed by atoms with van der Waals surface area (Å²) in [6, 6.07) is 11.7. The zero-order valence-electron chi connectivity index (χ0n) is 20.4. The highest BCUT2D eigenvalue weighted by molar-refractivity contribution is 5.98. The Balaban J connectivity index is 1.89. The van der Waals surface area contributed by atoms with Crippen LogP contribution < -0.4 is 16.6 Å². The van der Waals surface area contributed by atoms with E-state index in [4.69, 9.17) is 0 Å². The summed E-state index contributed by atoms with van der Waals surface area (Å²) in [4.78, 5) is 52.3. The van der Waals surface area contributed by atoms with Gasteiger partial charge in [-0.05, 0) is 44.9 Å². The van der Waals surface area contributed by atoms with Crippen molar-refractivity contribution in [1.82, 2.24) is 24.1 Å². The standard InChI is InChI=1S/C26H29N5O4/c1-5-13-29-24(34)20-12-11-19(23(33)27-17(4)6-2)14-21(20)31-25(29)28-30(26(31)35)15-22(32)18-9-7-16(3)8-10-18/h7-12,14,17H,5-6,13,15H2,1-4H3,(H,27,33). The molecule has 1 N–H and O–H groups in total. The molecule has 0 saturated heterocycles. The zero-order valence-corrected chi connectivity index (χ0v) is 20.4. The van der Waals surface area contributed by atoms with Crippen LogP contribution >= 0.6 is 0 Å². The molecule has 2 aromatic heterocycles. The van der Waals surface area contributed by atoms with Crippen LogP contribution in [0.15, 0.2) is 52.1 Å². The van der Waals surface area contributed by atoms with Gasteiger partial charge in [-0.2, -0.15) is 0 Å².